The van der Waals surface area contributed by atoms with Gasteiger partial charge < -0.3 is 10.4 Å². The molecule has 0 atom stereocenters. The summed E-state index contributed by atoms with van der Waals surface area (Å²) in [6, 6.07) is 0. The molecular weight excluding hydrogens is 210 g/mol. The monoisotopic (exact) mass is 241 g/mol. The zero-order valence-corrected chi connectivity index (χ0v) is 12.2. The van der Waals surface area contributed by atoms with E-state index < -0.39 is 0 Å². The first-order valence-corrected chi connectivity index (χ1v) is 7.23. The predicted octanol–water partition coefficient (Wildman–Crippen LogP) is 3.34. The number of hydrogen-bond acceptors (Lipinski definition) is 2. The van der Waals surface area contributed by atoms with Gasteiger partial charge in [-0.05, 0) is 56.4 Å². The van der Waals surface area contributed by atoms with E-state index in [0.717, 1.165) is 25.3 Å². The Hall–Kier alpha value is -0.0800. The summed E-state index contributed by atoms with van der Waals surface area (Å²) >= 11 is 0. The summed E-state index contributed by atoms with van der Waals surface area (Å²) in [5, 5.41) is 13.3. The van der Waals surface area contributed by atoms with Crippen molar-refractivity contribution < 1.29 is 5.11 Å². The van der Waals surface area contributed by atoms with E-state index in [2.05, 4.69) is 33.0 Å². The van der Waals surface area contributed by atoms with Crippen LogP contribution < -0.4 is 5.32 Å². The predicted molar refractivity (Wildman–Crippen MR) is 74.1 cm³/mol. The molecule has 0 unspecified atom stereocenters. The van der Waals surface area contributed by atoms with Gasteiger partial charge in [-0.15, -0.1) is 0 Å². The van der Waals surface area contributed by atoms with E-state index in [1.807, 2.05) is 0 Å². The van der Waals surface area contributed by atoms with Crippen molar-refractivity contribution in [2.75, 3.05) is 13.2 Å². The second kappa shape index (κ2) is 6.19. The molecule has 2 heteroatoms. The van der Waals surface area contributed by atoms with Crippen molar-refractivity contribution in [2.45, 2.75) is 71.8 Å². The van der Waals surface area contributed by atoms with Crippen molar-refractivity contribution in [3.8, 4) is 0 Å². The van der Waals surface area contributed by atoms with Gasteiger partial charge in [0, 0.05) is 5.54 Å². The summed E-state index contributed by atoms with van der Waals surface area (Å²) in [4.78, 5) is 0. The average Bonchev–Trinajstić information content (AvgIpc) is 2.26. The van der Waals surface area contributed by atoms with Crippen molar-refractivity contribution in [1.29, 1.82) is 0 Å². The molecule has 0 saturated heterocycles. The third-order valence-corrected chi connectivity index (χ3v) is 4.14. The first-order valence-electron chi connectivity index (χ1n) is 7.23. The van der Waals surface area contributed by atoms with Crippen LogP contribution in [-0.2, 0) is 0 Å². The molecule has 102 valence electrons. The van der Waals surface area contributed by atoms with Crippen LogP contribution in [0.25, 0.3) is 0 Å². The molecule has 17 heavy (non-hydrogen) atoms. The van der Waals surface area contributed by atoms with Gasteiger partial charge in [0.2, 0.25) is 0 Å². The summed E-state index contributed by atoms with van der Waals surface area (Å²) in [5.41, 5.74) is 0.458. The van der Waals surface area contributed by atoms with Gasteiger partial charge in [0.1, 0.15) is 0 Å². The molecule has 0 amide bonds. The molecule has 1 saturated carbocycles. The summed E-state index contributed by atoms with van der Waals surface area (Å²) in [7, 11) is 0. The highest BCUT2D eigenvalue weighted by Gasteiger charge is 2.32. The maximum Gasteiger partial charge on any atom is 0.0613 e. The number of rotatable bonds is 5. The molecule has 1 aliphatic rings. The van der Waals surface area contributed by atoms with Crippen LogP contribution in [0.1, 0.15) is 66.2 Å². The quantitative estimate of drug-likeness (QED) is 0.724. The Kier molecular flexibility index (Phi) is 5.46. The largest absolute Gasteiger partial charge is 0.394 e. The fourth-order valence-corrected chi connectivity index (χ4v) is 2.68. The summed E-state index contributed by atoms with van der Waals surface area (Å²) in [6.45, 7) is 10.5. The number of aliphatic hydroxyl groups is 1. The van der Waals surface area contributed by atoms with Crippen LogP contribution in [0.3, 0.4) is 0 Å². The standard InChI is InChI=1S/C15H31NO/c1-13-6-9-15(12-17,10-7-13)16-11-5-8-14(2,3)4/h13,16-17H,5-12H2,1-4H3. The molecule has 2 nitrogen and oxygen atoms in total. The second-order valence-corrected chi connectivity index (χ2v) is 7.21. The highest BCUT2D eigenvalue weighted by Crippen LogP contribution is 2.31. The molecule has 0 bridgehead atoms. The average molecular weight is 241 g/mol. The lowest BCUT2D eigenvalue weighted by Gasteiger charge is -2.39. The lowest BCUT2D eigenvalue weighted by molar-refractivity contribution is 0.105. The zero-order chi connectivity index (χ0) is 12.9. The molecule has 1 rings (SSSR count). The van der Waals surface area contributed by atoms with E-state index in [-0.39, 0.29) is 5.54 Å². The van der Waals surface area contributed by atoms with Gasteiger partial charge in [0.25, 0.3) is 0 Å². The third kappa shape index (κ3) is 5.39. The zero-order valence-electron chi connectivity index (χ0n) is 12.2. The topological polar surface area (TPSA) is 32.3 Å². The first-order chi connectivity index (χ1) is 7.87. The highest BCUT2D eigenvalue weighted by molar-refractivity contribution is 4.91. The van der Waals surface area contributed by atoms with Crippen LogP contribution in [0, 0.1) is 11.3 Å². The Morgan fingerprint density at radius 2 is 1.82 bits per heavy atom. The first kappa shape index (κ1) is 15.0. The minimum absolute atomic E-state index is 0.0321. The van der Waals surface area contributed by atoms with Crippen molar-refractivity contribution in [2.24, 2.45) is 11.3 Å². The van der Waals surface area contributed by atoms with E-state index in [0.29, 0.717) is 12.0 Å². The molecule has 0 aromatic rings. The summed E-state index contributed by atoms with van der Waals surface area (Å²) < 4.78 is 0. The van der Waals surface area contributed by atoms with Crippen molar-refractivity contribution in [1.82, 2.24) is 5.32 Å². The molecule has 0 aliphatic heterocycles. The van der Waals surface area contributed by atoms with Gasteiger partial charge in [0.15, 0.2) is 0 Å². The van der Waals surface area contributed by atoms with E-state index in [9.17, 15) is 5.11 Å². The lowest BCUT2D eigenvalue weighted by atomic mass is 9.77. The van der Waals surface area contributed by atoms with E-state index >= 15 is 0 Å². The third-order valence-electron chi connectivity index (χ3n) is 4.14. The Balaban J connectivity index is 2.27. The van der Waals surface area contributed by atoms with Gasteiger partial charge in [-0.1, -0.05) is 27.7 Å². The molecule has 0 aromatic carbocycles. The number of aliphatic hydroxyl groups excluding tert-OH is 1. The molecular formula is C15H31NO. The Labute approximate surface area is 107 Å². The second-order valence-electron chi connectivity index (χ2n) is 7.21. The van der Waals surface area contributed by atoms with E-state index in [1.54, 1.807) is 0 Å². The van der Waals surface area contributed by atoms with Crippen LogP contribution in [-0.4, -0.2) is 23.8 Å². The normalized spacial score (nSPS) is 30.5. The SMILES string of the molecule is CC1CCC(CO)(NCCCC(C)(C)C)CC1. The molecule has 2 N–H and O–H groups in total. The summed E-state index contributed by atoms with van der Waals surface area (Å²) in [5.74, 6) is 0.839. The molecule has 1 fully saturated rings. The fourth-order valence-electron chi connectivity index (χ4n) is 2.68. The van der Waals surface area contributed by atoms with Crippen molar-refractivity contribution in [3.63, 3.8) is 0 Å². The van der Waals surface area contributed by atoms with Crippen LogP contribution in [0.4, 0.5) is 0 Å². The Bertz CT molecular complexity index is 211. The lowest BCUT2D eigenvalue weighted by Crippen LogP contribution is -2.51. The van der Waals surface area contributed by atoms with Crippen LogP contribution >= 0.6 is 0 Å². The van der Waals surface area contributed by atoms with Crippen molar-refractivity contribution >= 4 is 0 Å². The van der Waals surface area contributed by atoms with Crippen molar-refractivity contribution in [3.05, 3.63) is 0 Å². The van der Waals surface area contributed by atoms with Crippen LogP contribution in [0.15, 0.2) is 0 Å². The number of hydrogen-bond donors (Lipinski definition) is 2. The Morgan fingerprint density at radius 3 is 2.29 bits per heavy atom. The van der Waals surface area contributed by atoms with Gasteiger partial charge in [0.05, 0.1) is 6.61 Å². The van der Waals surface area contributed by atoms with Gasteiger partial charge >= 0.3 is 0 Å². The van der Waals surface area contributed by atoms with E-state index in [4.69, 9.17) is 0 Å². The smallest absolute Gasteiger partial charge is 0.0613 e. The maximum absolute atomic E-state index is 9.62. The Morgan fingerprint density at radius 1 is 1.24 bits per heavy atom. The minimum atomic E-state index is 0.0321. The van der Waals surface area contributed by atoms with Crippen LogP contribution in [0.2, 0.25) is 0 Å². The van der Waals surface area contributed by atoms with Gasteiger partial charge in [-0.25, -0.2) is 0 Å². The summed E-state index contributed by atoms with van der Waals surface area (Å²) in [6.07, 6.45) is 7.25. The molecule has 0 aromatic heterocycles. The molecule has 0 spiro atoms. The van der Waals surface area contributed by atoms with Gasteiger partial charge in [-0.2, -0.15) is 0 Å². The molecule has 1 aliphatic carbocycles. The maximum atomic E-state index is 9.62. The minimum Gasteiger partial charge on any atom is -0.394 e. The van der Waals surface area contributed by atoms with Crippen LogP contribution in [0.5, 0.6) is 0 Å². The fraction of sp³-hybridized carbons (Fsp3) is 1.00. The highest BCUT2D eigenvalue weighted by atomic mass is 16.3. The molecule has 0 radical (unpaired) electrons. The van der Waals surface area contributed by atoms with Gasteiger partial charge in [-0.3, -0.25) is 0 Å². The van der Waals surface area contributed by atoms with E-state index in [1.165, 1.54) is 25.7 Å². The number of nitrogens with one attached hydrogen (secondary N) is 1. The molecule has 0 heterocycles.